The van der Waals surface area contributed by atoms with Crippen LogP contribution in [0, 0.1) is 0 Å². The van der Waals surface area contributed by atoms with Crippen LogP contribution in [-0.4, -0.2) is 46.6 Å². The van der Waals surface area contributed by atoms with E-state index in [1.807, 2.05) is 30.3 Å². The maximum atomic E-state index is 15.0. The van der Waals surface area contributed by atoms with E-state index in [9.17, 15) is 0 Å². The number of rotatable bonds is 9. The molecule has 2 saturated heterocycles. The topological polar surface area (TPSA) is 55.4 Å². The fourth-order valence-electron chi connectivity index (χ4n) is 6.09. The number of hydrogen-bond donors (Lipinski definition) is 0. The zero-order chi connectivity index (χ0) is 28.3. The summed E-state index contributed by atoms with van der Waals surface area (Å²) in [6, 6.07) is 16.2. The summed E-state index contributed by atoms with van der Waals surface area (Å²) < 4.78 is 66.9. The maximum Gasteiger partial charge on any atom is 0.275 e. The molecule has 6 nitrogen and oxygen atoms in total. The zero-order valence-electron chi connectivity index (χ0n) is 23.7. The van der Waals surface area contributed by atoms with Crippen LogP contribution in [0.1, 0.15) is 53.4 Å². The molecule has 2 fully saturated rings. The highest BCUT2D eigenvalue weighted by molar-refractivity contribution is 6.77. The van der Waals surface area contributed by atoms with Crippen LogP contribution in [-0.2, 0) is 18.6 Å². The van der Waals surface area contributed by atoms with Crippen molar-refractivity contribution in [3.63, 3.8) is 0 Å². The average Bonchev–Trinajstić information content (AvgIpc) is 2.91. The third-order valence-electron chi connectivity index (χ3n) is 7.83. The van der Waals surface area contributed by atoms with Crippen molar-refractivity contribution in [2.45, 2.75) is 89.1 Å². The second kappa shape index (κ2) is 12.5. The Morgan fingerprint density at radius 2 is 1.44 bits per heavy atom. The highest BCUT2D eigenvalue weighted by atomic mass is 28.4. The first-order valence-electron chi connectivity index (χ1n) is 13.6. The van der Waals surface area contributed by atoms with Gasteiger partial charge in [0.15, 0.2) is 6.29 Å². The van der Waals surface area contributed by atoms with Crippen LogP contribution in [0.25, 0.3) is 0 Å². The Labute approximate surface area is 231 Å². The number of halogens is 2. The smallest absolute Gasteiger partial charge is 0.275 e. The Balaban J connectivity index is 1.75. The summed E-state index contributed by atoms with van der Waals surface area (Å²) in [7, 11) is -1.07. The van der Waals surface area contributed by atoms with Crippen LogP contribution in [0.2, 0.25) is 16.6 Å². The second-order valence-electron chi connectivity index (χ2n) is 11.0. The summed E-state index contributed by atoms with van der Waals surface area (Å²) >= 11 is 0. The van der Waals surface area contributed by atoms with Crippen LogP contribution in [0.4, 0.5) is 8.78 Å². The van der Waals surface area contributed by atoms with Crippen LogP contribution in [0.3, 0.4) is 0 Å². The number of methoxy groups -OCH3 is 1. The highest BCUT2D eigenvalue weighted by Crippen LogP contribution is 2.47. The molecule has 5 atom stereocenters. The summed E-state index contributed by atoms with van der Waals surface area (Å²) in [5.41, 5.74) is 1.00. The van der Waals surface area contributed by atoms with E-state index in [0.717, 1.165) is 5.56 Å². The fraction of sp³-hybridized carbons (Fsp3) is 0.533. The van der Waals surface area contributed by atoms with E-state index < -0.39 is 45.3 Å². The SMILES string of the molecule is COc1ccc(O[C@@H]2O[C@@H]3COC(c4ccccc4)O[C@@H]3C(=C(F)F)[C@H]2O[Si](C(C)C)(C(C)C)C(C)C)cc1. The molecule has 0 saturated carbocycles. The molecule has 1 unspecified atom stereocenters. The first-order chi connectivity index (χ1) is 18.6. The summed E-state index contributed by atoms with van der Waals surface area (Å²) in [5.74, 6) is 1.11. The number of benzene rings is 2. The van der Waals surface area contributed by atoms with Crippen molar-refractivity contribution in [1.82, 2.24) is 0 Å². The van der Waals surface area contributed by atoms with Gasteiger partial charge in [-0.3, -0.25) is 0 Å². The molecule has 0 amide bonds. The van der Waals surface area contributed by atoms with Crippen molar-refractivity contribution in [2.24, 2.45) is 0 Å². The van der Waals surface area contributed by atoms with Crippen molar-refractivity contribution in [1.29, 1.82) is 0 Å². The van der Waals surface area contributed by atoms with Crippen molar-refractivity contribution in [3.8, 4) is 11.5 Å². The van der Waals surface area contributed by atoms with Gasteiger partial charge in [0.25, 0.3) is 6.08 Å². The van der Waals surface area contributed by atoms with Gasteiger partial charge >= 0.3 is 0 Å². The molecule has 39 heavy (non-hydrogen) atoms. The van der Waals surface area contributed by atoms with Gasteiger partial charge in [-0.25, -0.2) is 0 Å². The summed E-state index contributed by atoms with van der Waals surface area (Å²) in [6.45, 7) is 12.8. The van der Waals surface area contributed by atoms with Crippen LogP contribution in [0.5, 0.6) is 11.5 Å². The molecule has 2 aromatic rings. The van der Waals surface area contributed by atoms with Crippen molar-refractivity contribution < 1.29 is 36.9 Å². The third-order valence-corrected chi connectivity index (χ3v) is 13.9. The maximum absolute atomic E-state index is 15.0. The standard InChI is InChI=1S/C30H40F2O6Si/c1-18(2)39(19(3)4,20(5)6)38-27-25(28(31)32)26-24(17-34-29(37-26)21-11-9-8-10-12-21)36-30(27)35-23-15-13-22(33-7)14-16-23/h8-16,18-20,24,26-27,29-30H,17H2,1-7H3/t24-,26+,27-,29?,30-/m1/s1. The molecule has 2 heterocycles. The van der Waals surface area contributed by atoms with E-state index in [4.69, 9.17) is 28.1 Å². The molecule has 0 bridgehead atoms. The molecule has 2 aliphatic rings. The minimum absolute atomic E-state index is 0.0668. The Morgan fingerprint density at radius 1 is 0.846 bits per heavy atom. The fourth-order valence-corrected chi connectivity index (χ4v) is 11.6. The average molecular weight is 563 g/mol. The van der Waals surface area contributed by atoms with E-state index in [1.54, 1.807) is 31.4 Å². The van der Waals surface area contributed by atoms with Gasteiger partial charge in [0.2, 0.25) is 14.6 Å². The molecule has 0 N–H and O–H groups in total. The second-order valence-corrected chi connectivity index (χ2v) is 16.4. The molecule has 9 heteroatoms. The monoisotopic (exact) mass is 562 g/mol. The highest BCUT2D eigenvalue weighted by Gasteiger charge is 2.55. The number of ether oxygens (including phenoxy) is 5. The molecule has 0 spiro atoms. The molecule has 2 aliphatic heterocycles. The summed E-state index contributed by atoms with van der Waals surface area (Å²) in [5, 5.41) is 0. The largest absolute Gasteiger partial charge is 0.497 e. The van der Waals surface area contributed by atoms with E-state index >= 15 is 8.78 Å². The summed E-state index contributed by atoms with van der Waals surface area (Å²) in [4.78, 5) is 0. The molecule has 0 radical (unpaired) electrons. The normalized spacial score (nSPS) is 25.6. The van der Waals surface area contributed by atoms with Gasteiger partial charge in [0, 0.05) is 5.56 Å². The van der Waals surface area contributed by atoms with E-state index in [2.05, 4.69) is 41.5 Å². The molecule has 0 aromatic heterocycles. The lowest BCUT2D eigenvalue weighted by molar-refractivity contribution is -0.305. The van der Waals surface area contributed by atoms with Crippen molar-refractivity contribution in [3.05, 3.63) is 71.8 Å². The number of fused-ring (bicyclic) bond motifs is 1. The molecule has 2 aromatic carbocycles. The minimum Gasteiger partial charge on any atom is -0.497 e. The van der Waals surface area contributed by atoms with Gasteiger partial charge in [-0.1, -0.05) is 71.9 Å². The predicted octanol–water partition coefficient (Wildman–Crippen LogP) is 7.62. The van der Waals surface area contributed by atoms with Crippen LogP contribution >= 0.6 is 0 Å². The molecular weight excluding hydrogens is 522 g/mol. The van der Waals surface area contributed by atoms with E-state index in [0.29, 0.717) is 11.5 Å². The van der Waals surface area contributed by atoms with Gasteiger partial charge in [-0.15, -0.1) is 0 Å². The Kier molecular flexibility index (Phi) is 9.49. The summed E-state index contributed by atoms with van der Waals surface area (Å²) in [6.07, 6.45) is -6.76. The van der Waals surface area contributed by atoms with Gasteiger partial charge in [0.05, 0.1) is 19.3 Å². The zero-order valence-corrected chi connectivity index (χ0v) is 24.7. The van der Waals surface area contributed by atoms with Crippen molar-refractivity contribution >= 4 is 8.32 Å². The predicted molar refractivity (Wildman–Crippen MR) is 147 cm³/mol. The minimum atomic E-state index is -2.65. The lowest BCUT2D eigenvalue weighted by atomic mass is 9.95. The van der Waals surface area contributed by atoms with Gasteiger partial charge < -0.3 is 28.1 Å². The quantitative estimate of drug-likeness (QED) is 0.293. The van der Waals surface area contributed by atoms with Crippen LogP contribution < -0.4 is 9.47 Å². The molecular formula is C30H40F2O6Si. The van der Waals surface area contributed by atoms with Gasteiger partial charge in [0.1, 0.15) is 29.8 Å². The van der Waals surface area contributed by atoms with Crippen LogP contribution in [0.15, 0.2) is 66.3 Å². The van der Waals surface area contributed by atoms with Gasteiger partial charge in [-0.05, 0) is 40.9 Å². The molecule has 4 rings (SSSR count). The van der Waals surface area contributed by atoms with E-state index in [-0.39, 0.29) is 28.8 Å². The van der Waals surface area contributed by atoms with Crippen molar-refractivity contribution in [2.75, 3.05) is 13.7 Å². The Bertz CT molecular complexity index is 1080. The Hall–Kier alpha value is -2.30. The molecule has 214 valence electrons. The van der Waals surface area contributed by atoms with Gasteiger partial charge in [-0.2, -0.15) is 8.78 Å². The molecule has 0 aliphatic carbocycles. The third kappa shape index (κ3) is 6.07. The first kappa shape index (κ1) is 29.7. The van der Waals surface area contributed by atoms with E-state index in [1.165, 1.54) is 0 Å². The lowest BCUT2D eigenvalue weighted by Gasteiger charge is -2.50. The number of hydrogen-bond acceptors (Lipinski definition) is 6. The lowest BCUT2D eigenvalue weighted by Crippen LogP contribution is -2.61. The first-order valence-corrected chi connectivity index (χ1v) is 15.7. The Morgan fingerprint density at radius 3 is 1.97 bits per heavy atom.